The molecule has 1 fully saturated rings. The zero-order valence-corrected chi connectivity index (χ0v) is 20.4. The molecule has 3 aromatic carbocycles. The lowest BCUT2D eigenvalue weighted by Crippen LogP contribution is -2.28. The molecule has 1 amide bonds. The van der Waals surface area contributed by atoms with Crippen molar-refractivity contribution >= 4 is 57.7 Å². The van der Waals surface area contributed by atoms with Gasteiger partial charge in [0.05, 0.1) is 26.1 Å². The van der Waals surface area contributed by atoms with Gasteiger partial charge in [-0.1, -0.05) is 60.3 Å². The number of thioether (sulfide) groups is 1. The number of aliphatic imine (C=N–C) groups is 1. The molecule has 0 atom stereocenters. The van der Waals surface area contributed by atoms with E-state index in [0.717, 1.165) is 5.69 Å². The predicted molar refractivity (Wildman–Crippen MR) is 144 cm³/mol. The van der Waals surface area contributed by atoms with Crippen LogP contribution >= 0.6 is 23.5 Å². The van der Waals surface area contributed by atoms with Crippen molar-refractivity contribution in [2.24, 2.45) is 4.99 Å². The summed E-state index contributed by atoms with van der Waals surface area (Å²) in [6, 6.07) is 29.0. The van der Waals surface area contributed by atoms with Crippen molar-refractivity contribution in [3.63, 3.8) is 0 Å². The third kappa shape index (κ3) is 5.22. The van der Waals surface area contributed by atoms with Crippen LogP contribution < -0.4 is 4.90 Å². The summed E-state index contributed by atoms with van der Waals surface area (Å²) in [5.41, 5.74) is 1.92. The Morgan fingerprint density at radius 3 is 2.36 bits per heavy atom. The minimum absolute atomic E-state index is 0.0476. The number of nitrogens with zero attached hydrogens (tertiary/aromatic N) is 4. The number of hydrogen-bond donors (Lipinski definition) is 0. The second-order valence-corrected chi connectivity index (χ2v) is 9.64. The van der Waals surface area contributed by atoms with Crippen molar-refractivity contribution in [1.29, 1.82) is 0 Å². The third-order valence-corrected chi connectivity index (χ3v) is 7.12. The van der Waals surface area contributed by atoms with Gasteiger partial charge < -0.3 is 0 Å². The predicted octanol–water partition coefficient (Wildman–Crippen LogP) is 6.95. The highest BCUT2D eigenvalue weighted by Crippen LogP contribution is 2.39. The second-order valence-electron chi connectivity index (χ2n) is 7.57. The summed E-state index contributed by atoms with van der Waals surface area (Å²) in [6.07, 6.45) is 3.31. The molecule has 4 aromatic rings. The molecule has 0 unspecified atom stereocenters. The lowest BCUT2D eigenvalue weighted by atomic mass is 10.2. The summed E-state index contributed by atoms with van der Waals surface area (Å²) in [4.78, 5) is 36.2. The van der Waals surface area contributed by atoms with E-state index in [9.17, 15) is 14.9 Å². The molecule has 1 aliphatic rings. The number of carbonyl (C=O) groups excluding carboxylic acids is 1. The maximum absolute atomic E-state index is 13.4. The summed E-state index contributed by atoms with van der Waals surface area (Å²) in [5.74, 6) is -0.240. The van der Waals surface area contributed by atoms with E-state index < -0.39 is 4.92 Å². The Morgan fingerprint density at radius 1 is 0.944 bits per heavy atom. The zero-order valence-electron chi connectivity index (χ0n) is 18.7. The number of benzene rings is 3. The van der Waals surface area contributed by atoms with Crippen LogP contribution in [0.2, 0.25) is 0 Å². The van der Waals surface area contributed by atoms with Crippen molar-refractivity contribution < 1.29 is 9.72 Å². The molecule has 176 valence electrons. The van der Waals surface area contributed by atoms with E-state index in [1.807, 2.05) is 66.7 Å². The van der Waals surface area contributed by atoms with E-state index in [-0.39, 0.29) is 11.6 Å². The average molecular weight is 511 g/mol. The van der Waals surface area contributed by atoms with Gasteiger partial charge in [-0.2, -0.15) is 0 Å². The molecule has 0 spiro atoms. The number of rotatable bonds is 6. The van der Waals surface area contributed by atoms with Crippen LogP contribution in [-0.2, 0) is 4.79 Å². The molecule has 36 heavy (non-hydrogen) atoms. The maximum atomic E-state index is 13.4. The largest absolute Gasteiger partial charge is 0.283 e. The Morgan fingerprint density at radius 2 is 1.67 bits per heavy atom. The number of amidine groups is 1. The summed E-state index contributed by atoms with van der Waals surface area (Å²) in [6.45, 7) is 0. The molecule has 0 aliphatic carbocycles. The standard InChI is InChI=1S/C27H18N4O3S2/c32-26-24(18-19-14-15-23(22(17-19)31(33)34)35-25-13-7-8-16-28-25)36-27(29-20-9-3-1-4-10-20)30(26)21-11-5-2-6-12-21/h1-18H/b24-18-,29-27?. The van der Waals surface area contributed by atoms with Gasteiger partial charge in [0.25, 0.3) is 11.6 Å². The number of hydrogen-bond acceptors (Lipinski definition) is 7. The van der Waals surface area contributed by atoms with Gasteiger partial charge in [0.15, 0.2) is 5.17 Å². The van der Waals surface area contributed by atoms with Crippen LogP contribution in [0.15, 0.2) is 123 Å². The van der Waals surface area contributed by atoms with E-state index in [2.05, 4.69) is 4.98 Å². The quantitative estimate of drug-likeness (QED) is 0.158. The first kappa shape index (κ1) is 23.5. The van der Waals surface area contributed by atoms with Gasteiger partial charge in [-0.05, 0) is 65.9 Å². The fraction of sp³-hybridized carbons (Fsp3) is 0. The van der Waals surface area contributed by atoms with E-state index in [1.165, 1.54) is 29.6 Å². The SMILES string of the molecule is O=C1/C(=C/c2ccc(Sc3ccccn3)c([N+](=O)[O-])c2)SC(=Nc2ccccc2)N1c1ccccc1. The molecule has 0 bridgehead atoms. The second kappa shape index (κ2) is 10.6. The van der Waals surface area contributed by atoms with Gasteiger partial charge in [0.1, 0.15) is 5.03 Å². The molecule has 0 radical (unpaired) electrons. The number of anilines is 1. The van der Waals surface area contributed by atoms with Crippen molar-refractivity contribution in [1.82, 2.24) is 4.98 Å². The highest BCUT2D eigenvalue weighted by atomic mass is 32.2. The summed E-state index contributed by atoms with van der Waals surface area (Å²) in [5, 5.41) is 13.0. The van der Waals surface area contributed by atoms with Crippen LogP contribution in [0.25, 0.3) is 6.08 Å². The van der Waals surface area contributed by atoms with Crippen molar-refractivity contribution in [2.45, 2.75) is 9.92 Å². The van der Waals surface area contributed by atoms with Crippen molar-refractivity contribution in [2.75, 3.05) is 4.90 Å². The molecular formula is C27H18N4O3S2. The fourth-order valence-electron chi connectivity index (χ4n) is 3.49. The Hall–Kier alpha value is -4.21. The number of carbonyl (C=O) groups is 1. The van der Waals surface area contributed by atoms with Crippen molar-refractivity contribution in [3.8, 4) is 0 Å². The van der Waals surface area contributed by atoms with E-state index in [1.54, 1.807) is 41.4 Å². The van der Waals surface area contributed by atoms with Crippen molar-refractivity contribution in [3.05, 3.63) is 124 Å². The van der Waals surface area contributed by atoms with Gasteiger partial charge in [0.2, 0.25) is 0 Å². The van der Waals surface area contributed by atoms with Gasteiger partial charge in [0, 0.05) is 12.3 Å². The van der Waals surface area contributed by atoms with Gasteiger partial charge >= 0.3 is 0 Å². The zero-order chi connectivity index (χ0) is 24.9. The first-order chi connectivity index (χ1) is 17.6. The number of amides is 1. The molecule has 0 saturated carbocycles. The molecule has 0 N–H and O–H groups in total. The molecule has 1 aliphatic heterocycles. The van der Waals surface area contributed by atoms with Crippen LogP contribution in [0.4, 0.5) is 17.1 Å². The minimum atomic E-state index is -0.421. The Balaban J connectivity index is 1.51. The number of pyridine rings is 1. The maximum Gasteiger partial charge on any atom is 0.283 e. The normalized spacial score (nSPS) is 15.6. The van der Waals surface area contributed by atoms with E-state index in [0.29, 0.717) is 31.2 Å². The Bertz CT molecular complexity index is 1480. The monoisotopic (exact) mass is 510 g/mol. The lowest BCUT2D eigenvalue weighted by Gasteiger charge is -2.15. The summed E-state index contributed by atoms with van der Waals surface area (Å²) in [7, 11) is 0. The van der Waals surface area contributed by atoms with Crippen LogP contribution in [0, 0.1) is 10.1 Å². The van der Waals surface area contributed by atoms with E-state index in [4.69, 9.17) is 4.99 Å². The number of aromatic nitrogens is 1. The number of nitro benzene ring substituents is 1. The van der Waals surface area contributed by atoms with Gasteiger partial charge in [-0.15, -0.1) is 0 Å². The molecular weight excluding hydrogens is 492 g/mol. The number of para-hydroxylation sites is 2. The Labute approximate surface area is 215 Å². The number of nitro groups is 1. The molecule has 9 heteroatoms. The van der Waals surface area contributed by atoms with E-state index >= 15 is 0 Å². The Kier molecular flexibility index (Phi) is 6.92. The topological polar surface area (TPSA) is 88.7 Å². The molecule has 2 heterocycles. The molecule has 5 rings (SSSR count). The van der Waals surface area contributed by atoms with Crippen LogP contribution in [0.1, 0.15) is 5.56 Å². The minimum Gasteiger partial charge on any atom is -0.268 e. The first-order valence-corrected chi connectivity index (χ1v) is 12.5. The highest BCUT2D eigenvalue weighted by Gasteiger charge is 2.34. The molecule has 7 nitrogen and oxygen atoms in total. The lowest BCUT2D eigenvalue weighted by molar-refractivity contribution is -0.387. The van der Waals surface area contributed by atoms with Gasteiger partial charge in [-0.3, -0.25) is 19.8 Å². The average Bonchev–Trinajstić information content (AvgIpc) is 3.20. The highest BCUT2D eigenvalue weighted by molar-refractivity contribution is 8.19. The first-order valence-electron chi connectivity index (χ1n) is 10.9. The summed E-state index contributed by atoms with van der Waals surface area (Å²) < 4.78 is 0. The van der Waals surface area contributed by atoms with Gasteiger partial charge in [-0.25, -0.2) is 9.98 Å². The smallest absolute Gasteiger partial charge is 0.268 e. The summed E-state index contributed by atoms with van der Waals surface area (Å²) >= 11 is 2.46. The van der Waals surface area contributed by atoms with Crippen LogP contribution in [0.3, 0.4) is 0 Å². The fourth-order valence-corrected chi connectivity index (χ4v) is 5.35. The third-order valence-electron chi connectivity index (χ3n) is 5.13. The molecule has 1 saturated heterocycles. The van der Waals surface area contributed by atoms with Crippen LogP contribution in [0.5, 0.6) is 0 Å². The molecule has 1 aromatic heterocycles. The van der Waals surface area contributed by atoms with Crippen LogP contribution in [-0.4, -0.2) is 21.0 Å².